The summed E-state index contributed by atoms with van der Waals surface area (Å²) in [5.74, 6) is 0.379. The van der Waals surface area contributed by atoms with Gasteiger partial charge < -0.3 is 14.7 Å². The van der Waals surface area contributed by atoms with Gasteiger partial charge in [0.25, 0.3) is 0 Å². The molecule has 0 bridgehead atoms. The van der Waals surface area contributed by atoms with Gasteiger partial charge in [-0.3, -0.25) is 4.79 Å². The molecule has 2 heterocycles. The van der Waals surface area contributed by atoms with Gasteiger partial charge in [0.15, 0.2) is 0 Å². The van der Waals surface area contributed by atoms with E-state index in [9.17, 15) is 4.79 Å². The summed E-state index contributed by atoms with van der Waals surface area (Å²) in [6.45, 7) is 4.91. The molecule has 2 unspecified atom stereocenters. The molecule has 0 amide bonds. The highest BCUT2D eigenvalue weighted by Gasteiger charge is 2.27. The molecule has 0 aromatic heterocycles. The molecular formula is C11H19NO3. The second-order valence-electron chi connectivity index (χ2n) is 4.74. The Morgan fingerprint density at radius 3 is 2.93 bits per heavy atom. The van der Waals surface area contributed by atoms with Crippen LogP contribution in [0, 0.1) is 11.8 Å². The topological polar surface area (TPSA) is 49.8 Å². The third-order valence-electron chi connectivity index (χ3n) is 3.37. The molecule has 0 aliphatic carbocycles. The molecule has 0 radical (unpaired) electrons. The van der Waals surface area contributed by atoms with Gasteiger partial charge in [-0.2, -0.15) is 0 Å². The standard InChI is InChI=1S/C11H19NO3/c13-11(14)5-9-1-3-12(6-9)7-10-2-4-15-8-10/h9-10H,1-8H2,(H,13,14). The second kappa shape index (κ2) is 4.94. The highest BCUT2D eigenvalue weighted by molar-refractivity contribution is 5.67. The Kier molecular flexibility index (Phi) is 3.59. The molecule has 2 aliphatic heterocycles. The molecule has 2 saturated heterocycles. The molecule has 0 saturated carbocycles. The van der Waals surface area contributed by atoms with Gasteiger partial charge in [-0.1, -0.05) is 0 Å². The normalized spacial score (nSPS) is 32.3. The van der Waals surface area contributed by atoms with Gasteiger partial charge in [-0.25, -0.2) is 0 Å². The minimum atomic E-state index is -0.661. The van der Waals surface area contributed by atoms with Crippen LogP contribution in [0.25, 0.3) is 0 Å². The first-order valence-electron chi connectivity index (χ1n) is 5.76. The van der Waals surface area contributed by atoms with Crippen LogP contribution in [0.2, 0.25) is 0 Å². The number of hydrogen-bond acceptors (Lipinski definition) is 3. The van der Waals surface area contributed by atoms with E-state index in [1.165, 1.54) is 6.42 Å². The second-order valence-corrected chi connectivity index (χ2v) is 4.74. The number of hydrogen-bond donors (Lipinski definition) is 1. The molecule has 0 aromatic rings. The molecule has 2 rings (SSSR count). The molecule has 0 aromatic carbocycles. The number of rotatable bonds is 4. The summed E-state index contributed by atoms with van der Waals surface area (Å²) >= 11 is 0. The molecule has 2 fully saturated rings. The van der Waals surface area contributed by atoms with E-state index in [-0.39, 0.29) is 0 Å². The minimum absolute atomic E-state index is 0.331. The van der Waals surface area contributed by atoms with Crippen LogP contribution in [0.3, 0.4) is 0 Å². The highest BCUT2D eigenvalue weighted by atomic mass is 16.5. The van der Waals surface area contributed by atoms with Gasteiger partial charge in [-0.05, 0) is 31.2 Å². The number of carboxylic acids is 1. The van der Waals surface area contributed by atoms with Crippen LogP contribution < -0.4 is 0 Å². The maximum atomic E-state index is 10.6. The summed E-state index contributed by atoms with van der Waals surface area (Å²) in [6.07, 6.45) is 2.54. The predicted molar refractivity (Wildman–Crippen MR) is 55.7 cm³/mol. The Hall–Kier alpha value is -0.610. The lowest BCUT2D eigenvalue weighted by atomic mass is 10.1. The summed E-state index contributed by atoms with van der Waals surface area (Å²) in [7, 11) is 0. The Balaban J connectivity index is 1.70. The zero-order chi connectivity index (χ0) is 10.7. The van der Waals surface area contributed by atoms with Crippen molar-refractivity contribution in [1.29, 1.82) is 0 Å². The molecule has 2 aliphatic rings. The van der Waals surface area contributed by atoms with Crippen molar-refractivity contribution in [1.82, 2.24) is 4.90 Å². The summed E-state index contributed by atoms with van der Waals surface area (Å²) in [5, 5.41) is 8.71. The van der Waals surface area contributed by atoms with Gasteiger partial charge in [0.1, 0.15) is 0 Å². The number of carboxylic acid groups (broad SMARTS) is 1. The predicted octanol–water partition coefficient (Wildman–Crippen LogP) is 0.820. The van der Waals surface area contributed by atoms with E-state index in [2.05, 4.69) is 4.90 Å². The number of carbonyl (C=O) groups is 1. The van der Waals surface area contributed by atoms with E-state index in [0.29, 0.717) is 18.3 Å². The number of ether oxygens (including phenoxy) is 1. The van der Waals surface area contributed by atoms with Crippen molar-refractivity contribution in [3.8, 4) is 0 Å². The molecule has 15 heavy (non-hydrogen) atoms. The van der Waals surface area contributed by atoms with Gasteiger partial charge in [0, 0.05) is 26.1 Å². The average Bonchev–Trinajstić information content (AvgIpc) is 2.77. The zero-order valence-corrected chi connectivity index (χ0v) is 9.02. The number of aliphatic carboxylic acids is 1. The Morgan fingerprint density at radius 2 is 2.27 bits per heavy atom. The van der Waals surface area contributed by atoms with Gasteiger partial charge in [0.2, 0.25) is 0 Å². The van der Waals surface area contributed by atoms with Crippen molar-refractivity contribution >= 4 is 5.97 Å². The number of nitrogens with zero attached hydrogens (tertiary/aromatic N) is 1. The maximum Gasteiger partial charge on any atom is 0.303 e. The van der Waals surface area contributed by atoms with Crippen molar-refractivity contribution in [2.24, 2.45) is 11.8 Å². The van der Waals surface area contributed by atoms with Crippen LogP contribution in [0.1, 0.15) is 19.3 Å². The first-order valence-corrected chi connectivity index (χ1v) is 5.76. The van der Waals surface area contributed by atoms with Crippen LogP contribution in [0.5, 0.6) is 0 Å². The molecule has 0 spiro atoms. The van der Waals surface area contributed by atoms with Crippen LogP contribution >= 0.6 is 0 Å². The third kappa shape index (κ3) is 3.18. The maximum absolute atomic E-state index is 10.6. The lowest BCUT2D eigenvalue weighted by Gasteiger charge is -2.19. The molecule has 1 N–H and O–H groups in total. The molecule has 2 atom stereocenters. The van der Waals surface area contributed by atoms with Crippen LogP contribution in [-0.4, -0.2) is 48.8 Å². The lowest BCUT2D eigenvalue weighted by molar-refractivity contribution is -0.138. The van der Waals surface area contributed by atoms with Crippen molar-refractivity contribution < 1.29 is 14.6 Å². The highest BCUT2D eigenvalue weighted by Crippen LogP contribution is 2.22. The smallest absolute Gasteiger partial charge is 0.303 e. The van der Waals surface area contributed by atoms with Gasteiger partial charge >= 0.3 is 5.97 Å². The number of likely N-dealkylation sites (tertiary alicyclic amines) is 1. The monoisotopic (exact) mass is 213 g/mol. The quantitative estimate of drug-likeness (QED) is 0.751. The Bertz CT molecular complexity index is 226. The fourth-order valence-corrected chi connectivity index (χ4v) is 2.58. The Labute approximate surface area is 90.2 Å². The van der Waals surface area contributed by atoms with E-state index in [1.54, 1.807) is 0 Å². The van der Waals surface area contributed by atoms with Crippen LogP contribution in [-0.2, 0) is 9.53 Å². The van der Waals surface area contributed by atoms with E-state index in [0.717, 1.165) is 39.3 Å². The van der Waals surface area contributed by atoms with Crippen molar-refractivity contribution in [3.05, 3.63) is 0 Å². The third-order valence-corrected chi connectivity index (χ3v) is 3.37. The molecular weight excluding hydrogens is 194 g/mol. The van der Waals surface area contributed by atoms with Crippen molar-refractivity contribution in [3.63, 3.8) is 0 Å². The van der Waals surface area contributed by atoms with E-state index >= 15 is 0 Å². The van der Waals surface area contributed by atoms with Crippen molar-refractivity contribution in [2.45, 2.75) is 19.3 Å². The van der Waals surface area contributed by atoms with E-state index in [4.69, 9.17) is 9.84 Å². The van der Waals surface area contributed by atoms with E-state index in [1.807, 2.05) is 0 Å². The minimum Gasteiger partial charge on any atom is -0.481 e. The summed E-state index contributed by atoms with van der Waals surface area (Å²) in [5.41, 5.74) is 0. The van der Waals surface area contributed by atoms with Crippen molar-refractivity contribution in [2.75, 3.05) is 32.8 Å². The lowest BCUT2D eigenvalue weighted by Crippen LogP contribution is -2.28. The van der Waals surface area contributed by atoms with Gasteiger partial charge in [-0.15, -0.1) is 0 Å². The largest absolute Gasteiger partial charge is 0.481 e. The van der Waals surface area contributed by atoms with Gasteiger partial charge in [0.05, 0.1) is 6.61 Å². The molecule has 4 nitrogen and oxygen atoms in total. The molecule has 4 heteroatoms. The summed E-state index contributed by atoms with van der Waals surface area (Å²) in [6, 6.07) is 0. The van der Waals surface area contributed by atoms with E-state index < -0.39 is 5.97 Å². The van der Waals surface area contributed by atoms with Crippen LogP contribution in [0.4, 0.5) is 0 Å². The Morgan fingerprint density at radius 1 is 1.40 bits per heavy atom. The first kappa shape index (κ1) is 10.9. The SMILES string of the molecule is O=C(O)CC1CCN(CC2CCOC2)C1. The fraction of sp³-hybridized carbons (Fsp3) is 0.909. The molecule has 86 valence electrons. The zero-order valence-electron chi connectivity index (χ0n) is 9.02. The fourth-order valence-electron chi connectivity index (χ4n) is 2.58. The summed E-state index contributed by atoms with van der Waals surface area (Å²) in [4.78, 5) is 13.0. The first-order chi connectivity index (χ1) is 7.24. The average molecular weight is 213 g/mol. The summed E-state index contributed by atoms with van der Waals surface area (Å²) < 4.78 is 5.34. The van der Waals surface area contributed by atoms with Crippen LogP contribution in [0.15, 0.2) is 0 Å².